The number of hydrogen-bond acceptors (Lipinski definition) is 6. The first-order valence-electron chi connectivity index (χ1n) is 8.77. The predicted molar refractivity (Wildman–Crippen MR) is 99.8 cm³/mol. The summed E-state index contributed by atoms with van der Waals surface area (Å²) < 4.78 is 5.71. The second kappa shape index (κ2) is 7.11. The van der Waals surface area contributed by atoms with E-state index in [2.05, 4.69) is 40.0 Å². The van der Waals surface area contributed by atoms with Crippen LogP contribution in [0, 0.1) is 6.92 Å². The largest absolute Gasteiger partial charge is 0.387 e. The first kappa shape index (κ1) is 15.9. The van der Waals surface area contributed by atoms with Gasteiger partial charge in [-0.15, -0.1) is 0 Å². The standard InChI is InChI=1S/C19H23N5O/c1-13-4-7-21-17(9-13)23-18-10-14-5-6-20-12-16(14)19(24-18)22-11-15-3-2-8-25-15/h4-7,9-10,15,20H,2-3,8,11-12H2,1H3,(H2,21,22,23,24)/t15-/m0/s1. The molecule has 0 spiro atoms. The highest BCUT2D eigenvalue weighted by atomic mass is 16.5. The van der Waals surface area contributed by atoms with Crippen molar-refractivity contribution in [2.75, 3.05) is 23.8 Å². The molecule has 1 saturated heterocycles. The van der Waals surface area contributed by atoms with E-state index in [-0.39, 0.29) is 6.10 Å². The van der Waals surface area contributed by atoms with Gasteiger partial charge in [0.05, 0.1) is 6.10 Å². The van der Waals surface area contributed by atoms with Crippen LogP contribution in [0.2, 0.25) is 0 Å². The molecule has 0 bridgehead atoms. The Labute approximate surface area is 147 Å². The summed E-state index contributed by atoms with van der Waals surface area (Å²) in [6.07, 6.45) is 8.38. The summed E-state index contributed by atoms with van der Waals surface area (Å²) in [6, 6.07) is 6.06. The molecule has 0 amide bonds. The molecule has 3 N–H and O–H groups in total. The van der Waals surface area contributed by atoms with Gasteiger partial charge in [0.1, 0.15) is 17.5 Å². The molecule has 0 aromatic carbocycles. The molecule has 2 aliphatic rings. The number of nitrogens with zero attached hydrogens (tertiary/aromatic N) is 2. The first-order chi connectivity index (χ1) is 12.3. The number of fused-ring (bicyclic) bond motifs is 1. The monoisotopic (exact) mass is 337 g/mol. The second-order valence-electron chi connectivity index (χ2n) is 6.50. The van der Waals surface area contributed by atoms with Gasteiger partial charge in [0.15, 0.2) is 0 Å². The number of anilines is 3. The van der Waals surface area contributed by atoms with Gasteiger partial charge < -0.3 is 20.7 Å². The number of ether oxygens (including phenoxy) is 1. The molecule has 2 aromatic rings. The minimum atomic E-state index is 0.277. The van der Waals surface area contributed by atoms with E-state index in [1.165, 1.54) is 11.1 Å². The highest BCUT2D eigenvalue weighted by Crippen LogP contribution is 2.27. The third kappa shape index (κ3) is 3.74. The van der Waals surface area contributed by atoms with Crippen molar-refractivity contribution >= 4 is 23.5 Å². The Morgan fingerprint density at radius 3 is 3.12 bits per heavy atom. The summed E-state index contributed by atoms with van der Waals surface area (Å²) in [5, 5.41) is 10.1. The van der Waals surface area contributed by atoms with Crippen LogP contribution in [0.1, 0.15) is 29.5 Å². The fourth-order valence-corrected chi connectivity index (χ4v) is 3.20. The first-order valence-corrected chi connectivity index (χ1v) is 8.77. The molecular formula is C19H23N5O. The maximum Gasteiger partial charge on any atom is 0.134 e. The SMILES string of the molecule is Cc1ccnc(Nc2cc3c(c(NC[C@@H]4CCCO4)n2)CNC=C3)c1. The number of nitrogens with one attached hydrogen (secondary N) is 3. The zero-order valence-corrected chi connectivity index (χ0v) is 14.4. The lowest BCUT2D eigenvalue weighted by molar-refractivity contribution is 0.120. The Morgan fingerprint density at radius 2 is 2.28 bits per heavy atom. The van der Waals surface area contributed by atoms with E-state index in [9.17, 15) is 0 Å². The zero-order valence-electron chi connectivity index (χ0n) is 14.4. The van der Waals surface area contributed by atoms with Crippen molar-refractivity contribution in [3.05, 3.63) is 47.3 Å². The maximum absolute atomic E-state index is 5.71. The van der Waals surface area contributed by atoms with Crippen LogP contribution in [0.25, 0.3) is 6.08 Å². The second-order valence-corrected chi connectivity index (χ2v) is 6.50. The van der Waals surface area contributed by atoms with Gasteiger partial charge in [-0.05, 0) is 61.4 Å². The minimum absolute atomic E-state index is 0.277. The van der Waals surface area contributed by atoms with Gasteiger partial charge in [0.25, 0.3) is 0 Å². The lowest BCUT2D eigenvalue weighted by Gasteiger charge is -2.20. The van der Waals surface area contributed by atoms with Crippen LogP contribution < -0.4 is 16.0 Å². The lowest BCUT2D eigenvalue weighted by atomic mass is 10.1. The van der Waals surface area contributed by atoms with Gasteiger partial charge in [-0.1, -0.05) is 0 Å². The molecular weight excluding hydrogens is 314 g/mol. The molecule has 6 nitrogen and oxygen atoms in total. The fraction of sp³-hybridized carbons (Fsp3) is 0.368. The van der Waals surface area contributed by atoms with Gasteiger partial charge >= 0.3 is 0 Å². The molecule has 1 atom stereocenters. The van der Waals surface area contributed by atoms with Crippen LogP contribution in [0.15, 0.2) is 30.6 Å². The Bertz CT molecular complexity index is 783. The molecule has 25 heavy (non-hydrogen) atoms. The molecule has 4 rings (SSSR count). The third-order valence-corrected chi connectivity index (χ3v) is 4.51. The van der Waals surface area contributed by atoms with Gasteiger partial charge in [-0.3, -0.25) is 0 Å². The Hall–Kier alpha value is -2.60. The van der Waals surface area contributed by atoms with Crippen LogP contribution in [0.5, 0.6) is 0 Å². The number of hydrogen-bond donors (Lipinski definition) is 3. The molecule has 0 saturated carbocycles. The van der Waals surface area contributed by atoms with Crippen LogP contribution in [0.3, 0.4) is 0 Å². The topological polar surface area (TPSA) is 71.1 Å². The molecule has 4 heterocycles. The minimum Gasteiger partial charge on any atom is -0.387 e. The third-order valence-electron chi connectivity index (χ3n) is 4.51. The van der Waals surface area contributed by atoms with Crippen molar-refractivity contribution < 1.29 is 4.74 Å². The normalized spacial score (nSPS) is 18.5. The quantitative estimate of drug-likeness (QED) is 0.778. The van der Waals surface area contributed by atoms with Crippen molar-refractivity contribution in [2.45, 2.75) is 32.4 Å². The smallest absolute Gasteiger partial charge is 0.134 e. The van der Waals surface area contributed by atoms with Crippen molar-refractivity contribution in [1.29, 1.82) is 0 Å². The molecule has 0 radical (unpaired) electrons. The summed E-state index contributed by atoms with van der Waals surface area (Å²) in [6.45, 7) is 4.48. The van der Waals surface area contributed by atoms with Gasteiger partial charge in [0, 0.05) is 31.5 Å². The van der Waals surface area contributed by atoms with Crippen LogP contribution in [-0.4, -0.2) is 29.2 Å². The van der Waals surface area contributed by atoms with Crippen LogP contribution in [-0.2, 0) is 11.3 Å². The Morgan fingerprint density at radius 1 is 1.32 bits per heavy atom. The number of aromatic nitrogens is 2. The Kier molecular flexibility index (Phi) is 4.52. The summed E-state index contributed by atoms with van der Waals surface area (Å²) in [5.74, 6) is 2.49. The van der Waals surface area contributed by atoms with Gasteiger partial charge in [-0.25, -0.2) is 9.97 Å². The van der Waals surface area contributed by atoms with E-state index in [1.807, 2.05) is 18.3 Å². The van der Waals surface area contributed by atoms with Crippen LogP contribution in [0.4, 0.5) is 17.5 Å². The van der Waals surface area contributed by atoms with E-state index in [1.54, 1.807) is 6.20 Å². The van der Waals surface area contributed by atoms with Crippen LogP contribution >= 0.6 is 0 Å². The molecule has 6 heteroatoms. The Balaban J connectivity index is 1.59. The average Bonchev–Trinajstić information content (AvgIpc) is 3.13. The van der Waals surface area contributed by atoms with E-state index in [4.69, 9.17) is 9.72 Å². The molecule has 2 aromatic heterocycles. The molecule has 0 unspecified atom stereocenters. The molecule has 2 aliphatic heterocycles. The van der Waals surface area contributed by atoms with Gasteiger partial charge in [0.2, 0.25) is 0 Å². The molecule has 0 aliphatic carbocycles. The van der Waals surface area contributed by atoms with E-state index in [0.29, 0.717) is 0 Å². The van der Waals surface area contributed by atoms with E-state index < -0.39 is 0 Å². The number of pyridine rings is 2. The van der Waals surface area contributed by atoms with Crippen molar-refractivity contribution in [1.82, 2.24) is 15.3 Å². The van der Waals surface area contributed by atoms with Crippen molar-refractivity contribution in [3.63, 3.8) is 0 Å². The molecule has 1 fully saturated rings. The zero-order chi connectivity index (χ0) is 17.1. The summed E-state index contributed by atoms with van der Waals surface area (Å²) >= 11 is 0. The van der Waals surface area contributed by atoms with E-state index in [0.717, 1.165) is 55.6 Å². The highest BCUT2D eigenvalue weighted by molar-refractivity contribution is 5.69. The van der Waals surface area contributed by atoms with E-state index >= 15 is 0 Å². The number of rotatable bonds is 5. The average molecular weight is 337 g/mol. The summed E-state index contributed by atoms with van der Waals surface area (Å²) in [4.78, 5) is 9.14. The lowest BCUT2D eigenvalue weighted by Crippen LogP contribution is -2.22. The fourth-order valence-electron chi connectivity index (χ4n) is 3.20. The summed E-state index contributed by atoms with van der Waals surface area (Å²) in [5.41, 5.74) is 3.51. The predicted octanol–water partition coefficient (Wildman–Crippen LogP) is 3.19. The summed E-state index contributed by atoms with van der Waals surface area (Å²) in [7, 11) is 0. The number of aryl methyl sites for hydroxylation is 1. The molecule has 130 valence electrons. The maximum atomic E-state index is 5.71. The van der Waals surface area contributed by atoms with Crippen molar-refractivity contribution in [3.8, 4) is 0 Å². The van der Waals surface area contributed by atoms with Crippen molar-refractivity contribution in [2.24, 2.45) is 0 Å². The van der Waals surface area contributed by atoms with Gasteiger partial charge in [-0.2, -0.15) is 0 Å². The highest BCUT2D eigenvalue weighted by Gasteiger charge is 2.18.